The largest absolute Gasteiger partial charge is 0.377 e. The van der Waals surface area contributed by atoms with Gasteiger partial charge in [0, 0.05) is 75.0 Å². The zero-order valence-electron chi connectivity index (χ0n) is 21.8. The highest BCUT2D eigenvalue weighted by molar-refractivity contribution is 5.57. The molecule has 0 fully saturated rings. The van der Waals surface area contributed by atoms with Gasteiger partial charge in [-0.2, -0.15) is 0 Å². The van der Waals surface area contributed by atoms with Crippen molar-refractivity contribution in [2.24, 2.45) is 0 Å². The molecular formula is C32H36N4+2. The Labute approximate surface area is 215 Å². The van der Waals surface area contributed by atoms with E-state index in [4.69, 9.17) is 0 Å². The average Bonchev–Trinajstić information content (AvgIpc) is 2.88. The topological polar surface area (TPSA) is 14.2 Å². The molecule has 4 nitrogen and oxygen atoms in total. The number of nitrogens with zero attached hydrogens (tertiary/aromatic N) is 4. The van der Waals surface area contributed by atoms with Gasteiger partial charge in [-0.3, -0.25) is 0 Å². The minimum Gasteiger partial charge on any atom is -0.377 e. The zero-order chi connectivity index (χ0) is 25.3. The minimum absolute atomic E-state index is 0.857. The Balaban J connectivity index is 1.31. The fraction of sp³-hybridized carbons (Fsp3) is 0.188. The predicted molar refractivity (Wildman–Crippen MR) is 151 cm³/mol. The minimum atomic E-state index is 0.857. The molecule has 0 saturated carbocycles. The standard InChI is InChI=1S/C32H36N4/c1-33(2)31-16-20-35(21-17-31)25-29-14-12-27(13-15-29)8-5-6-9-28-10-7-11-30(24-28)26-36-22-18-32(19-23-36)34(3)4/h5-24H,25-26H2,1-4H3/q+2/b8-5+,9-6-. The zero-order valence-corrected chi connectivity index (χ0v) is 21.8. The van der Waals surface area contributed by atoms with Crippen molar-refractivity contribution < 1.29 is 9.13 Å². The second-order valence-electron chi connectivity index (χ2n) is 9.45. The van der Waals surface area contributed by atoms with Gasteiger partial charge in [0.2, 0.25) is 0 Å². The summed E-state index contributed by atoms with van der Waals surface area (Å²) >= 11 is 0. The number of aromatic nitrogens is 2. The number of benzene rings is 2. The van der Waals surface area contributed by atoms with Gasteiger partial charge in [-0.1, -0.05) is 66.8 Å². The van der Waals surface area contributed by atoms with Crippen LogP contribution in [0.3, 0.4) is 0 Å². The first-order valence-corrected chi connectivity index (χ1v) is 12.3. The van der Waals surface area contributed by atoms with Crippen LogP contribution in [0, 0.1) is 0 Å². The summed E-state index contributed by atoms with van der Waals surface area (Å²) in [5, 5.41) is 0. The SMILES string of the molecule is CN(C)c1cc[n+](Cc2ccc(/C=C/C=C\c3cccc(C[n+]4ccc(N(C)C)cc4)c3)cc2)cc1. The number of rotatable bonds is 9. The lowest BCUT2D eigenvalue weighted by Crippen LogP contribution is -2.33. The van der Waals surface area contributed by atoms with E-state index in [1.807, 2.05) is 0 Å². The van der Waals surface area contributed by atoms with Crippen molar-refractivity contribution in [3.05, 3.63) is 132 Å². The molecule has 0 saturated heterocycles. The van der Waals surface area contributed by atoms with Crippen molar-refractivity contribution in [3.63, 3.8) is 0 Å². The summed E-state index contributed by atoms with van der Waals surface area (Å²) < 4.78 is 4.41. The Hall–Kier alpha value is -4.18. The summed E-state index contributed by atoms with van der Waals surface area (Å²) in [6, 6.07) is 26.0. The van der Waals surface area contributed by atoms with Crippen LogP contribution in [0.1, 0.15) is 22.3 Å². The van der Waals surface area contributed by atoms with Crippen molar-refractivity contribution in [1.29, 1.82) is 0 Å². The number of anilines is 2. The van der Waals surface area contributed by atoms with E-state index < -0.39 is 0 Å². The molecule has 0 amide bonds. The molecule has 4 heteroatoms. The summed E-state index contributed by atoms with van der Waals surface area (Å²) in [6.07, 6.45) is 17.0. The molecule has 0 aliphatic rings. The first-order chi connectivity index (χ1) is 17.5. The third-order valence-electron chi connectivity index (χ3n) is 6.13. The molecule has 2 aromatic carbocycles. The molecular weight excluding hydrogens is 440 g/mol. The van der Waals surface area contributed by atoms with Gasteiger partial charge in [-0.05, 0) is 17.2 Å². The molecule has 4 rings (SSSR count). The van der Waals surface area contributed by atoms with Crippen LogP contribution in [0.25, 0.3) is 12.2 Å². The van der Waals surface area contributed by atoms with E-state index in [9.17, 15) is 0 Å². The Morgan fingerprint density at radius 1 is 0.556 bits per heavy atom. The molecule has 4 aromatic rings. The van der Waals surface area contributed by atoms with Crippen molar-refractivity contribution in [1.82, 2.24) is 0 Å². The van der Waals surface area contributed by atoms with Crippen LogP contribution >= 0.6 is 0 Å². The van der Waals surface area contributed by atoms with Crippen molar-refractivity contribution in [2.75, 3.05) is 38.0 Å². The Bertz CT molecular complexity index is 1300. The molecule has 2 heterocycles. The first kappa shape index (κ1) is 24.9. The van der Waals surface area contributed by atoms with Crippen molar-refractivity contribution in [2.45, 2.75) is 13.1 Å². The van der Waals surface area contributed by atoms with Crippen LogP contribution in [0.5, 0.6) is 0 Å². The molecule has 36 heavy (non-hydrogen) atoms. The van der Waals surface area contributed by atoms with E-state index >= 15 is 0 Å². The summed E-state index contributed by atoms with van der Waals surface area (Å²) in [5.41, 5.74) is 7.39. The van der Waals surface area contributed by atoms with E-state index in [1.165, 1.54) is 33.6 Å². The lowest BCUT2D eigenvalue weighted by atomic mass is 10.1. The normalized spacial score (nSPS) is 11.3. The van der Waals surface area contributed by atoms with Crippen molar-refractivity contribution >= 4 is 23.5 Å². The fourth-order valence-electron chi connectivity index (χ4n) is 3.99. The van der Waals surface area contributed by atoms with Gasteiger partial charge in [0.15, 0.2) is 37.9 Å². The Kier molecular flexibility index (Phi) is 8.30. The second-order valence-corrected chi connectivity index (χ2v) is 9.45. The average molecular weight is 477 g/mol. The Morgan fingerprint density at radius 3 is 1.58 bits per heavy atom. The van der Waals surface area contributed by atoms with Crippen LogP contribution in [0.2, 0.25) is 0 Å². The van der Waals surface area contributed by atoms with Crippen LogP contribution < -0.4 is 18.9 Å². The molecule has 2 aromatic heterocycles. The lowest BCUT2D eigenvalue weighted by Gasteiger charge is -2.10. The summed E-state index contributed by atoms with van der Waals surface area (Å²) in [5.74, 6) is 0. The number of hydrogen-bond acceptors (Lipinski definition) is 2. The van der Waals surface area contributed by atoms with E-state index in [0.29, 0.717) is 0 Å². The van der Waals surface area contributed by atoms with Gasteiger partial charge in [0.25, 0.3) is 0 Å². The summed E-state index contributed by atoms with van der Waals surface area (Å²) in [4.78, 5) is 4.23. The molecule has 0 aliphatic carbocycles. The van der Waals surface area contributed by atoms with E-state index in [-0.39, 0.29) is 0 Å². The lowest BCUT2D eigenvalue weighted by molar-refractivity contribution is -0.688. The molecule has 0 N–H and O–H groups in total. The number of pyridine rings is 2. The molecule has 0 unspecified atom stereocenters. The van der Waals surface area contributed by atoms with Gasteiger partial charge in [0.1, 0.15) is 0 Å². The Morgan fingerprint density at radius 2 is 1.06 bits per heavy atom. The number of allylic oxidation sites excluding steroid dienone is 2. The maximum Gasteiger partial charge on any atom is 0.173 e. The van der Waals surface area contributed by atoms with Crippen molar-refractivity contribution in [3.8, 4) is 0 Å². The van der Waals surface area contributed by atoms with Gasteiger partial charge in [0.05, 0.1) is 0 Å². The smallest absolute Gasteiger partial charge is 0.173 e. The molecule has 0 spiro atoms. The third-order valence-corrected chi connectivity index (χ3v) is 6.13. The van der Waals surface area contributed by atoms with E-state index in [1.54, 1.807) is 0 Å². The maximum atomic E-state index is 2.24. The van der Waals surface area contributed by atoms with Gasteiger partial charge < -0.3 is 9.80 Å². The highest BCUT2D eigenvalue weighted by Gasteiger charge is 2.05. The first-order valence-electron chi connectivity index (χ1n) is 12.3. The molecule has 0 radical (unpaired) electrons. The van der Waals surface area contributed by atoms with Crippen LogP contribution in [-0.4, -0.2) is 28.2 Å². The monoisotopic (exact) mass is 476 g/mol. The molecule has 0 bridgehead atoms. The summed E-state index contributed by atoms with van der Waals surface area (Å²) in [7, 11) is 8.24. The molecule has 182 valence electrons. The highest BCUT2D eigenvalue weighted by atomic mass is 15.1. The van der Waals surface area contributed by atoms with Crippen LogP contribution in [0.15, 0.2) is 110 Å². The van der Waals surface area contributed by atoms with Crippen LogP contribution in [-0.2, 0) is 13.1 Å². The van der Waals surface area contributed by atoms with Gasteiger partial charge in [-0.15, -0.1) is 0 Å². The molecule has 0 aliphatic heterocycles. The fourth-order valence-corrected chi connectivity index (χ4v) is 3.99. The van der Waals surface area contributed by atoms with E-state index in [0.717, 1.165) is 13.1 Å². The molecule has 0 atom stereocenters. The summed E-state index contributed by atoms with van der Waals surface area (Å²) in [6.45, 7) is 1.72. The van der Waals surface area contributed by atoms with Gasteiger partial charge >= 0.3 is 0 Å². The van der Waals surface area contributed by atoms with Gasteiger partial charge in [-0.25, -0.2) is 9.13 Å². The number of hydrogen-bond donors (Lipinski definition) is 0. The predicted octanol–water partition coefficient (Wildman–Crippen LogP) is 5.22. The maximum absolute atomic E-state index is 2.24. The van der Waals surface area contributed by atoms with Crippen LogP contribution in [0.4, 0.5) is 11.4 Å². The third kappa shape index (κ3) is 7.16. The highest BCUT2D eigenvalue weighted by Crippen LogP contribution is 2.11. The second kappa shape index (κ2) is 12.0. The quantitative estimate of drug-likeness (QED) is 0.243. The van der Waals surface area contributed by atoms with E-state index in [2.05, 4.69) is 169 Å².